The van der Waals surface area contributed by atoms with Crippen molar-refractivity contribution < 1.29 is 4.79 Å². The van der Waals surface area contributed by atoms with Gasteiger partial charge in [-0.25, -0.2) is 4.79 Å². The molecule has 0 aromatic rings. The molecule has 2 amide bonds. The summed E-state index contributed by atoms with van der Waals surface area (Å²) >= 11 is 0. The standard InChI is InChI=1S/C10H20N2O/c1-5-12-7-8(10(2,3)4)6-11-9(12)13/h8H,5-7H2,1-4H3,(H,11,13). The molecule has 1 saturated heterocycles. The zero-order valence-electron chi connectivity index (χ0n) is 9.05. The van der Waals surface area contributed by atoms with Gasteiger partial charge in [0.15, 0.2) is 0 Å². The molecule has 1 fully saturated rings. The van der Waals surface area contributed by atoms with Crippen molar-refractivity contribution in [2.45, 2.75) is 27.7 Å². The Kier molecular flexibility index (Phi) is 2.84. The van der Waals surface area contributed by atoms with Crippen LogP contribution in [0.5, 0.6) is 0 Å². The molecule has 1 atom stereocenters. The van der Waals surface area contributed by atoms with Crippen LogP contribution in [0.1, 0.15) is 27.7 Å². The Morgan fingerprint density at radius 3 is 2.62 bits per heavy atom. The smallest absolute Gasteiger partial charge is 0.317 e. The van der Waals surface area contributed by atoms with Crippen LogP contribution in [0.3, 0.4) is 0 Å². The zero-order chi connectivity index (χ0) is 10.1. The van der Waals surface area contributed by atoms with E-state index in [0.29, 0.717) is 5.92 Å². The van der Waals surface area contributed by atoms with Crippen LogP contribution in [0.25, 0.3) is 0 Å². The molecular weight excluding hydrogens is 164 g/mol. The lowest BCUT2D eigenvalue weighted by Gasteiger charge is -2.39. The third-order valence-electron chi connectivity index (χ3n) is 2.83. The summed E-state index contributed by atoms with van der Waals surface area (Å²) in [7, 11) is 0. The van der Waals surface area contributed by atoms with Crippen LogP contribution >= 0.6 is 0 Å². The maximum atomic E-state index is 11.3. The normalized spacial score (nSPS) is 24.5. The number of amides is 2. The number of carbonyl (C=O) groups is 1. The van der Waals surface area contributed by atoms with E-state index >= 15 is 0 Å². The average molecular weight is 184 g/mol. The molecule has 0 radical (unpaired) electrons. The molecule has 0 aromatic heterocycles. The van der Waals surface area contributed by atoms with Crippen molar-refractivity contribution in [2.75, 3.05) is 19.6 Å². The highest BCUT2D eigenvalue weighted by Crippen LogP contribution is 2.27. The summed E-state index contributed by atoms with van der Waals surface area (Å²) in [6, 6.07) is 0.0861. The summed E-state index contributed by atoms with van der Waals surface area (Å²) in [6.45, 7) is 11.2. The van der Waals surface area contributed by atoms with E-state index in [2.05, 4.69) is 26.1 Å². The van der Waals surface area contributed by atoms with Gasteiger partial charge < -0.3 is 10.2 Å². The van der Waals surface area contributed by atoms with Gasteiger partial charge in [-0.15, -0.1) is 0 Å². The zero-order valence-corrected chi connectivity index (χ0v) is 9.05. The van der Waals surface area contributed by atoms with Gasteiger partial charge in [0.1, 0.15) is 0 Å². The fourth-order valence-corrected chi connectivity index (χ4v) is 1.59. The molecular formula is C10H20N2O. The predicted molar refractivity (Wildman–Crippen MR) is 53.6 cm³/mol. The lowest BCUT2D eigenvalue weighted by Crippen LogP contribution is -2.53. The summed E-state index contributed by atoms with van der Waals surface area (Å²) in [4.78, 5) is 13.2. The first-order valence-electron chi connectivity index (χ1n) is 4.98. The first-order chi connectivity index (χ1) is 5.95. The second-order valence-corrected chi connectivity index (χ2v) is 4.79. The molecule has 0 spiro atoms. The predicted octanol–water partition coefficient (Wildman–Crippen LogP) is 1.69. The lowest BCUT2D eigenvalue weighted by molar-refractivity contribution is 0.125. The van der Waals surface area contributed by atoms with Gasteiger partial charge in [-0.05, 0) is 18.3 Å². The first-order valence-corrected chi connectivity index (χ1v) is 4.98. The minimum atomic E-state index is 0.0861. The summed E-state index contributed by atoms with van der Waals surface area (Å²) in [5.41, 5.74) is 0.279. The van der Waals surface area contributed by atoms with E-state index in [4.69, 9.17) is 0 Å². The molecule has 3 nitrogen and oxygen atoms in total. The fraction of sp³-hybridized carbons (Fsp3) is 0.900. The van der Waals surface area contributed by atoms with E-state index in [9.17, 15) is 4.79 Å². The number of hydrogen-bond donors (Lipinski definition) is 1. The highest BCUT2D eigenvalue weighted by atomic mass is 16.2. The van der Waals surface area contributed by atoms with E-state index < -0.39 is 0 Å². The minimum absolute atomic E-state index is 0.0861. The van der Waals surface area contributed by atoms with E-state index in [-0.39, 0.29) is 11.4 Å². The molecule has 1 heterocycles. The van der Waals surface area contributed by atoms with Crippen molar-refractivity contribution in [2.24, 2.45) is 11.3 Å². The third kappa shape index (κ3) is 2.36. The van der Waals surface area contributed by atoms with Crippen molar-refractivity contribution in [3.8, 4) is 0 Å². The molecule has 1 rings (SSSR count). The molecule has 13 heavy (non-hydrogen) atoms. The Morgan fingerprint density at radius 1 is 1.54 bits per heavy atom. The average Bonchev–Trinajstić information content (AvgIpc) is 2.03. The Labute approximate surface area is 80.5 Å². The Bertz CT molecular complexity index is 196. The molecule has 1 N–H and O–H groups in total. The minimum Gasteiger partial charge on any atom is -0.338 e. The quantitative estimate of drug-likeness (QED) is 0.661. The number of urea groups is 1. The maximum absolute atomic E-state index is 11.3. The van der Waals surface area contributed by atoms with Crippen molar-refractivity contribution in [1.29, 1.82) is 0 Å². The SMILES string of the molecule is CCN1CC(C(C)(C)C)CNC1=O. The van der Waals surface area contributed by atoms with Gasteiger partial charge in [-0.1, -0.05) is 20.8 Å². The van der Waals surface area contributed by atoms with Gasteiger partial charge in [-0.3, -0.25) is 0 Å². The monoisotopic (exact) mass is 184 g/mol. The van der Waals surface area contributed by atoms with E-state index in [0.717, 1.165) is 19.6 Å². The van der Waals surface area contributed by atoms with Crippen LogP contribution in [0, 0.1) is 11.3 Å². The van der Waals surface area contributed by atoms with Gasteiger partial charge in [0.05, 0.1) is 0 Å². The van der Waals surface area contributed by atoms with E-state index in [1.165, 1.54) is 0 Å². The second-order valence-electron chi connectivity index (χ2n) is 4.79. The van der Waals surface area contributed by atoms with Crippen LogP contribution in [0.15, 0.2) is 0 Å². The van der Waals surface area contributed by atoms with Gasteiger partial charge >= 0.3 is 6.03 Å². The molecule has 0 bridgehead atoms. The van der Waals surface area contributed by atoms with Crippen molar-refractivity contribution >= 4 is 6.03 Å². The van der Waals surface area contributed by atoms with Crippen molar-refractivity contribution in [1.82, 2.24) is 10.2 Å². The Morgan fingerprint density at radius 2 is 2.15 bits per heavy atom. The van der Waals surface area contributed by atoms with Crippen LogP contribution < -0.4 is 5.32 Å². The number of rotatable bonds is 1. The van der Waals surface area contributed by atoms with E-state index in [1.54, 1.807) is 0 Å². The van der Waals surface area contributed by atoms with Crippen molar-refractivity contribution in [3.63, 3.8) is 0 Å². The summed E-state index contributed by atoms with van der Waals surface area (Å²) < 4.78 is 0. The largest absolute Gasteiger partial charge is 0.338 e. The molecule has 1 unspecified atom stereocenters. The molecule has 0 saturated carbocycles. The number of nitrogens with one attached hydrogen (secondary N) is 1. The number of carbonyl (C=O) groups excluding carboxylic acids is 1. The molecule has 1 aliphatic heterocycles. The van der Waals surface area contributed by atoms with Gasteiger partial charge in [-0.2, -0.15) is 0 Å². The summed E-state index contributed by atoms with van der Waals surface area (Å²) in [6.07, 6.45) is 0. The maximum Gasteiger partial charge on any atom is 0.317 e. The fourth-order valence-electron chi connectivity index (χ4n) is 1.59. The molecule has 3 heteroatoms. The van der Waals surface area contributed by atoms with Gasteiger partial charge in [0, 0.05) is 19.6 Å². The van der Waals surface area contributed by atoms with Crippen LogP contribution in [0.4, 0.5) is 4.79 Å². The summed E-state index contributed by atoms with van der Waals surface area (Å²) in [5.74, 6) is 0.560. The Balaban J connectivity index is 2.60. The lowest BCUT2D eigenvalue weighted by atomic mass is 9.79. The topological polar surface area (TPSA) is 32.3 Å². The number of hydrogen-bond acceptors (Lipinski definition) is 1. The highest BCUT2D eigenvalue weighted by Gasteiger charge is 2.31. The van der Waals surface area contributed by atoms with E-state index in [1.807, 2.05) is 11.8 Å². The van der Waals surface area contributed by atoms with Crippen LogP contribution in [0.2, 0.25) is 0 Å². The molecule has 1 aliphatic rings. The second kappa shape index (κ2) is 3.56. The first kappa shape index (κ1) is 10.4. The highest BCUT2D eigenvalue weighted by molar-refractivity contribution is 5.74. The van der Waals surface area contributed by atoms with Crippen LogP contribution in [-0.4, -0.2) is 30.6 Å². The molecule has 0 aliphatic carbocycles. The van der Waals surface area contributed by atoms with Crippen LogP contribution in [-0.2, 0) is 0 Å². The summed E-state index contributed by atoms with van der Waals surface area (Å²) in [5, 5.41) is 2.93. The third-order valence-corrected chi connectivity index (χ3v) is 2.83. The number of nitrogens with zero attached hydrogens (tertiary/aromatic N) is 1. The molecule has 76 valence electrons. The van der Waals surface area contributed by atoms with Gasteiger partial charge in [0.25, 0.3) is 0 Å². The van der Waals surface area contributed by atoms with Gasteiger partial charge in [0.2, 0.25) is 0 Å². The van der Waals surface area contributed by atoms with Crippen molar-refractivity contribution in [3.05, 3.63) is 0 Å². The Hall–Kier alpha value is -0.730. The molecule has 0 aromatic carbocycles.